The highest BCUT2D eigenvalue weighted by atomic mass is 32.2. The summed E-state index contributed by atoms with van der Waals surface area (Å²) in [6.07, 6.45) is 1.18. The van der Waals surface area contributed by atoms with Gasteiger partial charge in [0.1, 0.15) is 11.6 Å². The maximum atomic E-state index is 12.1. The minimum Gasteiger partial charge on any atom is -0.458 e. The number of ether oxygens (including phenoxy) is 1. The molecule has 0 bridgehead atoms. The molecule has 27 heavy (non-hydrogen) atoms. The molecule has 142 valence electrons. The molecule has 1 aromatic rings. The molecule has 0 aliphatic carbocycles. The monoisotopic (exact) mass is 389 g/mol. The van der Waals surface area contributed by atoms with Gasteiger partial charge < -0.3 is 15.0 Å². The zero-order valence-corrected chi connectivity index (χ0v) is 15.8. The second-order valence-corrected chi connectivity index (χ2v) is 7.86. The molecule has 0 spiro atoms. The lowest BCUT2D eigenvalue weighted by molar-refractivity contribution is 0.0372. The first-order valence-electron chi connectivity index (χ1n) is 8.16. The van der Waals surface area contributed by atoms with E-state index >= 15 is 0 Å². The van der Waals surface area contributed by atoms with Gasteiger partial charge in [0.25, 0.3) is 0 Å². The molecule has 0 unspecified atom stereocenters. The summed E-state index contributed by atoms with van der Waals surface area (Å²) in [5, 5.41) is 3.06. The highest BCUT2D eigenvalue weighted by Gasteiger charge is 2.21. The topological polar surface area (TPSA) is 126 Å². The van der Waals surface area contributed by atoms with Crippen LogP contribution in [-0.2, 0) is 14.8 Å². The van der Waals surface area contributed by atoms with Crippen molar-refractivity contribution >= 4 is 27.5 Å². The lowest BCUT2D eigenvalue weighted by Gasteiger charge is -2.10. The summed E-state index contributed by atoms with van der Waals surface area (Å²) in [5.41, 5.74) is 1.27. The molecule has 0 fully saturated rings. The maximum Gasteiger partial charge on any atom is 0.357 e. The van der Waals surface area contributed by atoms with Gasteiger partial charge in [0, 0.05) is 5.69 Å². The van der Waals surface area contributed by atoms with Gasteiger partial charge in [0.2, 0.25) is 10.0 Å². The quantitative estimate of drug-likeness (QED) is 0.551. The van der Waals surface area contributed by atoms with E-state index in [9.17, 15) is 13.2 Å². The molecule has 9 nitrogen and oxygen atoms in total. The Morgan fingerprint density at radius 2 is 2.04 bits per heavy atom. The van der Waals surface area contributed by atoms with Gasteiger partial charge in [0.15, 0.2) is 5.69 Å². The average Bonchev–Trinajstić information content (AvgIpc) is 3.07. The van der Waals surface area contributed by atoms with Crippen molar-refractivity contribution < 1.29 is 17.9 Å². The molecule has 1 aromatic carbocycles. The number of nitrogens with one attached hydrogen (secondary N) is 3. The van der Waals surface area contributed by atoms with Crippen molar-refractivity contribution in [2.45, 2.75) is 24.8 Å². The minimum atomic E-state index is -3.56. The predicted molar refractivity (Wildman–Crippen MR) is 99.5 cm³/mol. The summed E-state index contributed by atoms with van der Waals surface area (Å²) in [6, 6.07) is 7.88. The molecule has 0 aromatic heterocycles. The predicted octanol–water partition coefficient (Wildman–Crippen LogP) is 2.13. The van der Waals surface area contributed by atoms with Crippen LogP contribution < -0.4 is 10.0 Å². The van der Waals surface area contributed by atoms with Crippen LogP contribution in [0, 0.1) is 0 Å². The van der Waals surface area contributed by atoms with E-state index < -0.39 is 16.0 Å². The Hall–Kier alpha value is -2.98. The number of nitrogens with zero attached hydrogens (tertiary/aromatic N) is 2. The number of fused-ring (bicyclic) bond motifs is 1. The largest absolute Gasteiger partial charge is 0.458 e. The molecule has 0 radical (unpaired) electrons. The Balaban J connectivity index is 1.93. The molecule has 0 amide bonds. The van der Waals surface area contributed by atoms with E-state index in [-0.39, 0.29) is 16.7 Å². The first-order valence-corrected chi connectivity index (χ1v) is 9.64. The zero-order chi connectivity index (χ0) is 19.6. The third-order valence-corrected chi connectivity index (χ3v) is 5.06. The van der Waals surface area contributed by atoms with Crippen molar-refractivity contribution in [1.82, 2.24) is 19.7 Å². The van der Waals surface area contributed by atoms with Crippen LogP contribution in [0.5, 0.6) is 0 Å². The number of aromatic amines is 1. The van der Waals surface area contributed by atoms with E-state index in [4.69, 9.17) is 4.74 Å². The van der Waals surface area contributed by atoms with Gasteiger partial charge >= 0.3 is 5.97 Å². The lowest BCUT2D eigenvalue weighted by atomic mass is 10.2. The van der Waals surface area contributed by atoms with Crippen LogP contribution in [0.2, 0.25) is 0 Å². The molecule has 2 aliphatic heterocycles. The Morgan fingerprint density at radius 1 is 1.26 bits per heavy atom. The third-order valence-electron chi connectivity index (χ3n) is 3.65. The Kier molecular flexibility index (Phi) is 5.10. The van der Waals surface area contributed by atoms with Crippen molar-refractivity contribution in [3.8, 4) is 11.4 Å². The summed E-state index contributed by atoms with van der Waals surface area (Å²) < 4.78 is 31.4. The van der Waals surface area contributed by atoms with E-state index in [0.717, 1.165) is 0 Å². The molecule has 0 saturated carbocycles. The van der Waals surface area contributed by atoms with E-state index in [1.165, 1.54) is 25.5 Å². The fourth-order valence-electron chi connectivity index (χ4n) is 2.41. The molecule has 10 heteroatoms. The van der Waals surface area contributed by atoms with E-state index in [0.29, 0.717) is 22.9 Å². The number of anilines is 2. The number of sulfonamides is 1. The lowest BCUT2D eigenvalue weighted by Crippen LogP contribution is -2.18. The standard InChI is InChI=1S/C17H19N5O4S/c1-10(2)26-17(23)14-8-13-15(19-9-20-16(13)22-14)21-11-5-4-6-12(7-11)27(24,25)18-3/h4-10,18H,1-3H3,(H2,19,20,21,22). The molecular formula is C17H19N5O4S. The molecule has 2 aliphatic rings. The number of hydrogen-bond donors (Lipinski definition) is 3. The Bertz CT molecular complexity index is 1050. The van der Waals surface area contributed by atoms with Gasteiger partial charge in [-0.3, -0.25) is 0 Å². The van der Waals surface area contributed by atoms with Crippen LogP contribution in [-0.4, -0.2) is 42.5 Å². The highest BCUT2D eigenvalue weighted by Crippen LogP contribution is 2.30. The summed E-state index contributed by atoms with van der Waals surface area (Å²) in [6.45, 7) is 3.51. The van der Waals surface area contributed by atoms with Gasteiger partial charge in [-0.15, -0.1) is 0 Å². The van der Waals surface area contributed by atoms with Gasteiger partial charge in [-0.2, -0.15) is 0 Å². The van der Waals surface area contributed by atoms with Crippen molar-refractivity contribution in [3.63, 3.8) is 0 Å². The van der Waals surface area contributed by atoms with Crippen LogP contribution in [0.1, 0.15) is 24.3 Å². The van der Waals surface area contributed by atoms with E-state index in [2.05, 4.69) is 25.0 Å². The molecule has 3 rings (SSSR count). The highest BCUT2D eigenvalue weighted by molar-refractivity contribution is 7.89. The summed E-state index contributed by atoms with van der Waals surface area (Å²) in [4.78, 5) is 23.5. The zero-order valence-electron chi connectivity index (χ0n) is 15.0. The molecular weight excluding hydrogens is 370 g/mol. The maximum absolute atomic E-state index is 12.1. The van der Waals surface area contributed by atoms with Crippen LogP contribution in [0.3, 0.4) is 0 Å². The number of esters is 1. The average molecular weight is 389 g/mol. The first kappa shape index (κ1) is 18.8. The number of rotatable bonds is 6. The first-order chi connectivity index (χ1) is 12.8. The number of hydrogen-bond acceptors (Lipinski definition) is 7. The van der Waals surface area contributed by atoms with Crippen molar-refractivity contribution in [1.29, 1.82) is 0 Å². The minimum absolute atomic E-state index is 0.121. The molecule has 3 N–H and O–H groups in total. The van der Waals surface area contributed by atoms with Crippen LogP contribution in [0.15, 0.2) is 41.6 Å². The Labute approximate surface area is 156 Å². The fraction of sp³-hybridized carbons (Fsp3) is 0.235. The number of carbonyl (C=O) groups excluding carboxylic acids is 1. The van der Waals surface area contributed by atoms with Crippen molar-refractivity contribution in [2.24, 2.45) is 0 Å². The van der Waals surface area contributed by atoms with E-state index in [1.54, 1.807) is 32.0 Å². The normalized spacial score (nSPS) is 11.7. The summed E-state index contributed by atoms with van der Waals surface area (Å²) in [5.74, 6) is 0.365. The van der Waals surface area contributed by atoms with Gasteiger partial charge in [0.05, 0.1) is 22.9 Å². The van der Waals surface area contributed by atoms with Crippen LogP contribution in [0.25, 0.3) is 11.4 Å². The van der Waals surface area contributed by atoms with Crippen LogP contribution in [0.4, 0.5) is 11.5 Å². The fourth-order valence-corrected chi connectivity index (χ4v) is 3.19. The van der Waals surface area contributed by atoms with Crippen molar-refractivity contribution in [2.75, 3.05) is 12.4 Å². The second kappa shape index (κ2) is 7.33. The molecule has 0 atom stereocenters. The number of benzene rings is 1. The van der Waals surface area contributed by atoms with Crippen molar-refractivity contribution in [3.05, 3.63) is 42.4 Å². The van der Waals surface area contributed by atoms with Gasteiger partial charge in [-0.25, -0.2) is 27.9 Å². The molecule has 0 saturated heterocycles. The third kappa shape index (κ3) is 4.07. The second-order valence-electron chi connectivity index (χ2n) is 5.97. The van der Waals surface area contributed by atoms with Gasteiger partial charge in [-0.05, 0) is 45.2 Å². The molecule has 2 heterocycles. The summed E-state index contributed by atoms with van der Waals surface area (Å²) in [7, 11) is -2.22. The SMILES string of the molecule is CNS(=O)(=O)c1cccc(Nc2nc[nH]c3nc(C(=O)OC(C)C)cc2-3)c1. The summed E-state index contributed by atoms with van der Waals surface area (Å²) >= 11 is 0. The number of carbonyl (C=O) groups is 1. The Morgan fingerprint density at radius 3 is 2.74 bits per heavy atom. The van der Waals surface area contributed by atoms with Gasteiger partial charge in [-0.1, -0.05) is 6.07 Å². The smallest absolute Gasteiger partial charge is 0.357 e. The van der Waals surface area contributed by atoms with Crippen LogP contribution >= 0.6 is 0 Å². The van der Waals surface area contributed by atoms with E-state index in [1.807, 2.05) is 0 Å². The number of aromatic nitrogens is 3. The number of H-pyrrole nitrogens is 1.